The molecular weight excluding hydrogens is 342 g/mol. The van der Waals surface area contributed by atoms with Crippen LogP contribution in [0.5, 0.6) is 11.5 Å². The van der Waals surface area contributed by atoms with Crippen LogP contribution in [-0.2, 0) is 11.2 Å². The molecule has 0 saturated heterocycles. The first-order chi connectivity index (χ1) is 12.0. The molecule has 1 aliphatic heterocycles. The molecule has 2 heterocycles. The van der Waals surface area contributed by atoms with Gasteiger partial charge in [0.2, 0.25) is 12.7 Å². The highest BCUT2D eigenvalue weighted by Crippen LogP contribution is 2.34. The van der Waals surface area contributed by atoms with Gasteiger partial charge in [-0.05, 0) is 25.5 Å². The quantitative estimate of drug-likeness (QED) is 0.607. The van der Waals surface area contributed by atoms with Crippen LogP contribution in [0.1, 0.15) is 26.0 Å². The summed E-state index contributed by atoms with van der Waals surface area (Å²) in [5.74, 6) is 1.08. The van der Waals surface area contributed by atoms with Crippen molar-refractivity contribution in [3.05, 3.63) is 40.3 Å². The fraction of sp³-hybridized carbons (Fsp3) is 0.353. The Morgan fingerprint density at radius 2 is 2.16 bits per heavy atom. The molecule has 1 aliphatic rings. The fourth-order valence-electron chi connectivity index (χ4n) is 2.36. The van der Waals surface area contributed by atoms with E-state index in [1.165, 1.54) is 17.8 Å². The predicted octanol–water partition coefficient (Wildman–Crippen LogP) is 2.57. The Balaban J connectivity index is 1.65. The zero-order chi connectivity index (χ0) is 17.8. The number of amides is 1. The molecule has 3 rings (SSSR count). The minimum atomic E-state index is -0.426. The van der Waals surface area contributed by atoms with Crippen molar-refractivity contribution in [1.29, 1.82) is 0 Å². The second kappa shape index (κ2) is 7.60. The molecule has 2 N–H and O–H groups in total. The van der Waals surface area contributed by atoms with Gasteiger partial charge in [-0.3, -0.25) is 9.59 Å². The number of anilines is 1. The number of hydrogen-bond acceptors (Lipinski definition) is 6. The number of benzene rings is 1. The van der Waals surface area contributed by atoms with Crippen molar-refractivity contribution in [2.75, 3.05) is 12.1 Å². The van der Waals surface area contributed by atoms with E-state index in [1.54, 1.807) is 25.1 Å². The van der Waals surface area contributed by atoms with E-state index in [1.807, 2.05) is 6.92 Å². The first-order valence-electron chi connectivity index (χ1n) is 8.02. The van der Waals surface area contributed by atoms with Crippen molar-refractivity contribution in [2.24, 2.45) is 0 Å². The van der Waals surface area contributed by atoms with Crippen LogP contribution in [0.25, 0.3) is 0 Å². The number of thioether (sulfide) groups is 1. The molecule has 1 aromatic carbocycles. The molecular formula is C17H19N3O4S. The summed E-state index contributed by atoms with van der Waals surface area (Å²) in [5.41, 5.74) is 1.16. The summed E-state index contributed by atoms with van der Waals surface area (Å²) in [6.07, 6.45) is 1.63. The number of aromatic nitrogens is 2. The van der Waals surface area contributed by atoms with Crippen LogP contribution in [0.2, 0.25) is 0 Å². The average Bonchev–Trinajstić information content (AvgIpc) is 3.02. The standard InChI is InChI=1S/C17H19N3O4S/c1-3-4-11-8-15(21)20-17(19-11)25-10(2)16(22)18-12-5-6-13-14(7-12)24-9-23-13/h5-8,10H,3-4,9H2,1-2H3,(H,18,22)(H,19,20,21). The number of ether oxygens (including phenoxy) is 2. The Morgan fingerprint density at radius 1 is 1.36 bits per heavy atom. The Labute approximate surface area is 149 Å². The molecule has 132 valence electrons. The van der Waals surface area contributed by atoms with Gasteiger partial charge in [-0.1, -0.05) is 25.1 Å². The summed E-state index contributed by atoms with van der Waals surface area (Å²) in [5, 5.41) is 2.85. The number of carbonyl (C=O) groups is 1. The second-order valence-corrected chi connectivity index (χ2v) is 6.94. The number of carbonyl (C=O) groups excluding carboxylic acids is 1. The summed E-state index contributed by atoms with van der Waals surface area (Å²) < 4.78 is 10.5. The topological polar surface area (TPSA) is 93.3 Å². The lowest BCUT2D eigenvalue weighted by molar-refractivity contribution is -0.115. The minimum Gasteiger partial charge on any atom is -0.454 e. The number of nitrogens with zero attached hydrogens (tertiary/aromatic N) is 1. The third kappa shape index (κ3) is 4.33. The molecule has 0 radical (unpaired) electrons. The zero-order valence-electron chi connectivity index (χ0n) is 14.0. The SMILES string of the molecule is CCCc1cc(=O)[nH]c(SC(C)C(=O)Nc2ccc3c(c2)OCO3)n1. The van der Waals surface area contributed by atoms with Crippen LogP contribution < -0.4 is 20.3 Å². The molecule has 1 aromatic heterocycles. The summed E-state index contributed by atoms with van der Waals surface area (Å²) >= 11 is 1.22. The van der Waals surface area contributed by atoms with Gasteiger partial charge >= 0.3 is 0 Å². The second-order valence-electron chi connectivity index (χ2n) is 5.61. The van der Waals surface area contributed by atoms with Crippen molar-refractivity contribution in [3.63, 3.8) is 0 Å². The predicted molar refractivity (Wildman–Crippen MR) is 95.4 cm³/mol. The minimum absolute atomic E-state index is 0.187. The van der Waals surface area contributed by atoms with E-state index in [2.05, 4.69) is 15.3 Å². The number of aromatic amines is 1. The number of fused-ring (bicyclic) bond motifs is 1. The molecule has 0 spiro atoms. The van der Waals surface area contributed by atoms with E-state index in [-0.39, 0.29) is 18.3 Å². The third-order valence-corrected chi connectivity index (χ3v) is 4.56. The molecule has 2 aromatic rings. The molecule has 7 nitrogen and oxygen atoms in total. The van der Waals surface area contributed by atoms with Gasteiger partial charge < -0.3 is 19.8 Å². The highest BCUT2D eigenvalue weighted by atomic mass is 32.2. The van der Waals surface area contributed by atoms with E-state index < -0.39 is 5.25 Å². The van der Waals surface area contributed by atoms with Crippen LogP contribution in [-0.4, -0.2) is 27.9 Å². The van der Waals surface area contributed by atoms with Crippen LogP contribution >= 0.6 is 11.8 Å². The van der Waals surface area contributed by atoms with Gasteiger partial charge in [0.25, 0.3) is 5.56 Å². The maximum absolute atomic E-state index is 12.4. The smallest absolute Gasteiger partial charge is 0.251 e. The van der Waals surface area contributed by atoms with Crippen molar-refractivity contribution < 1.29 is 14.3 Å². The van der Waals surface area contributed by atoms with Gasteiger partial charge in [0.05, 0.1) is 5.25 Å². The van der Waals surface area contributed by atoms with E-state index in [0.717, 1.165) is 18.5 Å². The molecule has 1 atom stereocenters. The lowest BCUT2D eigenvalue weighted by atomic mass is 10.2. The summed E-state index contributed by atoms with van der Waals surface area (Å²) in [6.45, 7) is 3.97. The zero-order valence-corrected chi connectivity index (χ0v) is 14.8. The van der Waals surface area contributed by atoms with Gasteiger partial charge in [0.1, 0.15) is 0 Å². The number of rotatable bonds is 6. The summed E-state index contributed by atoms with van der Waals surface area (Å²) in [6, 6.07) is 6.72. The number of hydrogen-bond donors (Lipinski definition) is 2. The monoisotopic (exact) mass is 361 g/mol. The van der Waals surface area contributed by atoms with Crippen LogP contribution in [0.4, 0.5) is 5.69 Å². The molecule has 0 saturated carbocycles. The molecule has 1 unspecified atom stereocenters. The molecule has 0 fully saturated rings. The van der Waals surface area contributed by atoms with Crippen LogP contribution in [0, 0.1) is 0 Å². The first-order valence-corrected chi connectivity index (χ1v) is 8.90. The van der Waals surface area contributed by atoms with E-state index in [4.69, 9.17) is 9.47 Å². The Kier molecular flexibility index (Phi) is 5.28. The van der Waals surface area contributed by atoms with Crippen LogP contribution in [0.3, 0.4) is 0 Å². The van der Waals surface area contributed by atoms with E-state index >= 15 is 0 Å². The lowest BCUT2D eigenvalue weighted by Crippen LogP contribution is -2.23. The van der Waals surface area contributed by atoms with Crippen molar-refractivity contribution >= 4 is 23.4 Å². The Bertz CT molecular complexity index is 837. The largest absolute Gasteiger partial charge is 0.454 e. The fourth-order valence-corrected chi connectivity index (χ4v) is 3.19. The van der Waals surface area contributed by atoms with Crippen molar-refractivity contribution in [2.45, 2.75) is 37.1 Å². The molecule has 0 aliphatic carbocycles. The van der Waals surface area contributed by atoms with Crippen molar-refractivity contribution in [3.8, 4) is 11.5 Å². The molecule has 8 heteroatoms. The average molecular weight is 361 g/mol. The lowest BCUT2D eigenvalue weighted by Gasteiger charge is -2.12. The summed E-state index contributed by atoms with van der Waals surface area (Å²) in [7, 11) is 0. The Hall–Kier alpha value is -2.48. The number of nitrogens with one attached hydrogen (secondary N) is 2. The summed E-state index contributed by atoms with van der Waals surface area (Å²) in [4.78, 5) is 31.2. The third-order valence-electron chi connectivity index (χ3n) is 3.58. The maximum atomic E-state index is 12.4. The van der Waals surface area contributed by atoms with Gasteiger partial charge in [-0.15, -0.1) is 0 Å². The molecule has 0 bridgehead atoms. The van der Waals surface area contributed by atoms with E-state index in [9.17, 15) is 9.59 Å². The number of H-pyrrole nitrogens is 1. The van der Waals surface area contributed by atoms with Gasteiger partial charge in [-0.2, -0.15) is 0 Å². The van der Waals surface area contributed by atoms with E-state index in [0.29, 0.717) is 22.3 Å². The van der Waals surface area contributed by atoms with Gasteiger partial charge in [-0.25, -0.2) is 4.98 Å². The molecule has 25 heavy (non-hydrogen) atoms. The van der Waals surface area contributed by atoms with Crippen LogP contribution in [0.15, 0.2) is 34.2 Å². The normalized spacial score (nSPS) is 13.5. The molecule has 1 amide bonds. The highest BCUT2D eigenvalue weighted by Gasteiger charge is 2.18. The van der Waals surface area contributed by atoms with Crippen molar-refractivity contribution in [1.82, 2.24) is 9.97 Å². The number of aryl methyl sites for hydroxylation is 1. The first kappa shape index (κ1) is 17.3. The Morgan fingerprint density at radius 3 is 2.96 bits per heavy atom. The maximum Gasteiger partial charge on any atom is 0.251 e. The van der Waals surface area contributed by atoms with Gasteiger partial charge in [0, 0.05) is 23.5 Å². The van der Waals surface area contributed by atoms with Gasteiger partial charge in [0.15, 0.2) is 16.7 Å². The highest BCUT2D eigenvalue weighted by molar-refractivity contribution is 8.00.